The summed E-state index contributed by atoms with van der Waals surface area (Å²) in [6, 6.07) is 11.5. The largest absolute Gasteiger partial charge is 0.375 e. The van der Waals surface area contributed by atoms with Gasteiger partial charge in [0.05, 0.1) is 0 Å². The summed E-state index contributed by atoms with van der Waals surface area (Å²) >= 11 is 0. The molecular weight excluding hydrogens is 208 g/mol. The van der Waals surface area contributed by atoms with Crippen molar-refractivity contribution in [1.82, 2.24) is 4.90 Å². The fourth-order valence-electron chi connectivity index (χ4n) is 2.66. The summed E-state index contributed by atoms with van der Waals surface area (Å²) in [6.07, 6.45) is 5.44. The molecule has 1 fully saturated rings. The van der Waals surface area contributed by atoms with E-state index in [0.717, 1.165) is 12.6 Å². The fourth-order valence-corrected chi connectivity index (χ4v) is 2.66. The molecular formula is C15H24N2. The van der Waals surface area contributed by atoms with Gasteiger partial charge in [0.15, 0.2) is 0 Å². The van der Waals surface area contributed by atoms with Crippen LogP contribution in [-0.4, -0.2) is 38.1 Å². The average molecular weight is 232 g/mol. The smallest absolute Gasteiger partial charge is 0.0363 e. The van der Waals surface area contributed by atoms with Crippen molar-refractivity contribution in [3.63, 3.8) is 0 Å². The highest BCUT2D eigenvalue weighted by molar-refractivity contribution is 5.44. The van der Waals surface area contributed by atoms with E-state index < -0.39 is 0 Å². The molecule has 0 N–H and O–H groups in total. The SMILES string of the molecule is CN(CCC1CCCCN1C)c1ccccc1. The number of rotatable bonds is 4. The molecule has 1 unspecified atom stereocenters. The van der Waals surface area contributed by atoms with Gasteiger partial charge in [-0.3, -0.25) is 0 Å². The predicted molar refractivity (Wildman–Crippen MR) is 74.6 cm³/mol. The Morgan fingerprint density at radius 2 is 2.00 bits per heavy atom. The first-order chi connectivity index (χ1) is 8.27. The summed E-state index contributed by atoms with van der Waals surface area (Å²) in [7, 11) is 4.46. The Morgan fingerprint density at radius 3 is 2.71 bits per heavy atom. The molecule has 17 heavy (non-hydrogen) atoms. The zero-order chi connectivity index (χ0) is 12.1. The van der Waals surface area contributed by atoms with Gasteiger partial charge in [-0.1, -0.05) is 24.6 Å². The summed E-state index contributed by atoms with van der Waals surface area (Å²) in [5.41, 5.74) is 1.32. The van der Waals surface area contributed by atoms with E-state index in [0.29, 0.717) is 0 Å². The first-order valence-electron chi connectivity index (χ1n) is 6.74. The number of hydrogen-bond acceptors (Lipinski definition) is 2. The van der Waals surface area contributed by atoms with Crippen molar-refractivity contribution < 1.29 is 0 Å². The molecule has 2 nitrogen and oxygen atoms in total. The normalized spacial score (nSPS) is 21.4. The third-order valence-corrected chi connectivity index (χ3v) is 3.92. The zero-order valence-corrected chi connectivity index (χ0v) is 11.1. The molecule has 94 valence electrons. The summed E-state index contributed by atoms with van der Waals surface area (Å²) in [5, 5.41) is 0. The minimum atomic E-state index is 0.787. The molecule has 0 bridgehead atoms. The molecule has 0 radical (unpaired) electrons. The van der Waals surface area contributed by atoms with Crippen LogP contribution in [0.25, 0.3) is 0 Å². The number of likely N-dealkylation sites (tertiary alicyclic amines) is 1. The molecule has 1 aliphatic rings. The van der Waals surface area contributed by atoms with Crippen molar-refractivity contribution in [2.75, 3.05) is 32.1 Å². The van der Waals surface area contributed by atoms with Gasteiger partial charge in [0.2, 0.25) is 0 Å². The number of para-hydroxylation sites is 1. The van der Waals surface area contributed by atoms with Crippen LogP contribution in [-0.2, 0) is 0 Å². The Morgan fingerprint density at radius 1 is 1.24 bits per heavy atom. The Labute approximate surface area is 105 Å². The number of benzene rings is 1. The second-order valence-corrected chi connectivity index (χ2v) is 5.18. The molecule has 2 rings (SSSR count). The van der Waals surface area contributed by atoms with Crippen molar-refractivity contribution >= 4 is 5.69 Å². The van der Waals surface area contributed by atoms with Gasteiger partial charge in [-0.2, -0.15) is 0 Å². The van der Waals surface area contributed by atoms with Crippen LogP contribution in [0.4, 0.5) is 5.69 Å². The van der Waals surface area contributed by atoms with Gasteiger partial charge in [0.25, 0.3) is 0 Å². The zero-order valence-electron chi connectivity index (χ0n) is 11.1. The molecule has 1 aliphatic heterocycles. The van der Waals surface area contributed by atoms with Crippen LogP contribution in [0.15, 0.2) is 30.3 Å². The lowest BCUT2D eigenvalue weighted by molar-refractivity contribution is 0.178. The van der Waals surface area contributed by atoms with Crippen molar-refractivity contribution in [2.45, 2.75) is 31.7 Å². The lowest BCUT2D eigenvalue weighted by Crippen LogP contribution is -2.38. The second-order valence-electron chi connectivity index (χ2n) is 5.18. The van der Waals surface area contributed by atoms with E-state index in [-0.39, 0.29) is 0 Å². The predicted octanol–water partition coefficient (Wildman–Crippen LogP) is 3.00. The molecule has 0 amide bonds. The molecule has 1 aromatic carbocycles. The summed E-state index contributed by atoms with van der Waals surface area (Å²) < 4.78 is 0. The maximum absolute atomic E-state index is 2.53. The van der Waals surface area contributed by atoms with Gasteiger partial charge in [0.1, 0.15) is 0 Å². The number of piperidine rings is 1. The highest BCUT2D eigenvalue weighted by Gasteiger charge is 2.18. The van der Waals surface area contributed by atoms with E-state index >= 15 is 0 Å². The molecule has 1 saturated heterocycles. The second kappa shape index (κ2) is 6.06. The van der Waals surface area contributed by atoms with E-state index in [1.807, 2.05) is 0 Å². The molecule has 0 spiro atoms. The van der Waals surface area contributed by atoms with Crippen LogP contribution in [0.1, 0.15) is 25.7 Å². The van der Waals surface area contributed by atoms with Crippen LogP contribution in [0.5, 0.6) is 0 Å². The molecule has 1 atom stereocenters. The minimum Gasteiger partial charge on any atom is -0.375 e. The number of anilines is 1. The summed E-state index contributed by atoms with van der Waals surface area (Å²) in [6.45, 7) is 2.43. The number of hydrogen-bond donors (Lipinski definition) is 0. The van der Waals surface area contributed by atoms with Crippen LogP contribution in [0.3, 0.4) is 0 Å². The van der Waals surface area contributed by atoms with E-state index in [2.05, 4.69) is 54.2 Å². The van der Waals surface area contributed by atoms with Crippen molar-refractivity contribution in [3.05, 3.63) is 30.3 Å². The molecule has 2 heteroatoms. The third-order valence-electron chi connectivity index (χ3n) is 3.92. The first-order valence-corrected chi connectivity index (χ1v) is 6.74. The van der Waals surface area contributed by atoms with Gasteiger partial charge >= 0.3 is 0 Å². The molecule has 0 aliphatic carbocycles. The molecule has 1 aromatic rings. The van der Waals surface area contributed by atoms with E-state index in [1.54, 1.807) is 0 Å². The van der Waals surface area contributed by atoms with Gasteiger partial charge in [-0.05, 0) is 45.0 Å². The van der Waals surface area contributed by atoms with Crippen LogP contribution >= 0.6 is 0 Å². The van der Waals surface area contributed by atoms with Gasteiger partial charge in [-0.15, -0.1) is 0 Å². The third kappa shape index (κ3) is 3.47. The summed E-state index contributed by atoms with van der Waals surface area (Å²) in [4.78, 5) is 4.89. The fraction of sp³-hybridized carbons (Fsp3) is 0.600. The standard InChI is InChI=1S/C15H24N2/c1-16-12-7-6-10-15(16)11-13-17(2)14-8-4-3-5-9-14/h3-5,8-9,15H,6-7,10-13H2,1-2H3. The molecule has 0 aromatic heterocycles. The Kier molecular flexibility index (Phi) is 4.43. The minimum absolute atomic E-state index is 0.787. The highest BCUT2D eigenvalue weighted by Crippen LogP contribution is 2.19. The van der Waals surface area contributed by atoms with Gasteiger partial charge < -0.3 is 9.80 Å². The summed E-state index contributed by atoms with van der Waals surface area (Å²) in [5.74, 6) is 0. The number of nitrogens with zero attached hydrogens (tertiary/aromatic N) is 2. The lowest BCUT2D eigenvalue weighted by atomic mass is 10.00. The maximum atomic E-state index is 2.53. The van der Waals surface area contributed by atoms with Crippen molar-refractivity contribution in [2.24, 2.45) is 0 Å². The first kappa shape index (κ1) is 12.4. The highest BCUT2D eigenvalue weighted by atomic mass is 15.1. The van der Waals surface area contributed by atoms with E-state index in [4.69, 9.17) is 0 Å². The van der Waals surface area contributed by atoms with E-state index in [1.165, 1.54) is 37.9 Å². The van der Waals surface area contributed by atoms with E-state index in [9.17, 15) is 0 Å². The Bertz CT molecular complexity index is 323. The van der Waals surface area contributed by atoms with Crippen LogP contribution < -0.4 is 4.90 Å². The topological polar surface area (TPSA) is 6.48 Å². The molecule has 0 saturated carbocycles. The van der Waals surface area contributed by atoms with Crippen molar-refractivity contribution in [3.8, 4) is 0 Å². The lowest BCUT2D eigenvalue weighted by Gasteiger charge is -2.33. The van der Waals surface area contributed by atoms with Crippen molar-refractivity contribution in [1.29, 1.82) is 0 Å². The van der Waals surface area contributed by atoms with Gasteiger partial charge in [0, 0.05) is 25.3 Å². The Balaban J connectivity index is 1.81. The Hall–Kier alpha value is -1.02. The van der Waals surface area contributed by atoms with Gasteiger partial charge in [-0.25, -0.2) is 0 Å². The quantitative estimate of drug-likeness (QED) is 0.787. The van der Waals surface area contributed by atoms with Crippen LogP contribution in [0.2, 0.25) is 0 Å². The molecule has 1 heterocycles. The average Bonchev–Trinajstić information content (AvgIpc) is 2.38. The monoisotopic (exact) mass is 232 g/mol. The van der Waals surface area contributed by atoms with Crippen LogP contribution in [0, 0.1) is 0 Å². The maximum Gasteiger partial charge on any atom is 0.0363 e.